The first-order chi connectivity index (χ1) is 15.4. The van der Waals surface area contributed by atoms with Crippen LogP contribution in [0.2, 0.25) is 0 Å². The lowest BCUT2D eigenvalue weighted by molar-refractivity contribution is -0.128. The number of nitrogens with zero attached hydrogens (tertiary/aromatic N) is 2. The second kappa shape index (κ2) is 8.76. The fourth-order valence-corrected chi connectivity index (χ4v) is 3.14. The topological polar surface area (TPSA) is 110 Å². The molecule has 0 spiro atoms. The second-order valence-corrected chi connectivity index (χ2v) is 7.01. The van der Waals surface area contributed by atoms with Crippen molar-refractivity contribution in [2.24, 2.45) is 4.99 Å². The van der Waals surface area contributed by atoms with E-state index in [2.05, 4.69) is 15.6 Å². The number of aromatic nitrogens is 1. The van der Waals surface area contributed by atoms with Crippen molar-refractivity contribution in [1.82, 2.24) is 9.88 Å². The van der Waals surface area contributed by atoms with Gasteiger partial charge in [-0.15, -0.1) is 0 Å². The van der Waals surface area contributed by atoms with Crippen LogP contribution in [0.25, 0.3) is 0 Å². The molecule has 0 saturated heterocycles. The van der Waals surface area contributed by atoms with Crippen LogP contribution in [0.4, 0.5) is 10.2 Å². The molecule has 0 saturated carbocycles. The molecule has 2 amide bonds. The van der Waals surface area contributed by atoms with Crippen LogP contribution in [0.15, 0.2) is 77.9 Å². The molecule has 32 heavy (non-hydrogen) atoms. The molecule has 3 aromatic rings. The Kier molecular flexibility index (Phi) is 5.71. The molecule has 2 aromatic carbocycles. The molecule has 1 aliphatic rings. The van der Waals surface area contributed by atoms with Crippen molar-refractivity contribution >= 4 is 29.3 Å². The van der Waals surface area contributed by atoms with Crippen LogP contribution in [0, 0.1) is 5.82 Å². The van der Waals surface area contributed by atoms with Gasteiger partial charge in [-0.3, -0.25) is 23.7 Å². The molecule has 1 unspecified atom stereocenters. The maximum atomic E-state index is 13.0. The Hall–Kier alpha value is -4.40. The average molecular weight is 432 g/mol. The summed E-state index contributed by atoms with van der Waals surface area (Å²) in [7, 11) is 0. The minimum Gasteiger partial charge on any atom is -0.353 e. The van der Waals surface area contributed by atoms with Crippen LogP contribution in [-0.4, -0.2) is 34.1 Å². The van der Waals surface area contributed by atoms with Crippen LogP contribution in [-0.2, 0) is 16.1 Å². The Bertz CT molecular complexity index is 1280. The van der Waals surface area contributed by atoms with Gasteiger partial charge in [-0.05, 0) is 35.9 Å². The van der Waals surface area contributed by atoms with Crippen molar-refractivity contribution in [3.63, 3.8) is 0 Å². The fourth-order valence-electron chi connectivity index (χ4n) is 3.14. The van der Waals surface area contributed by atoms with Crippen LogP contribution in [0.5, 0.6) is 0 Å². The normalized spacial score (nSPS) is 15.7. The smallest absolute Gasteiger partial charge is 0.302 e. The number of rotatable bonds is 4. The predicted molar refractivity (Wildman–Crippen MR) is 112 cm³/mol. The molecule has 0 radical (unpaired) electrons. The van der Waals surface area contributed by atoms with Crippen LogP contribution >= 0.6 is 0 Å². The summed E-state index contributed by atoms with van der Waals surface area (Å²) in [6, 6.07) is 15.4. The fraction of sp³-hybridized carbons (Fsp3) is 0.0870. The molecule has 9 heteroatoms. The quantitative estimate of drug-likeness (QED) is 0.482. The summed E-state index contributed by atoms with van der Waals surface area (Å²) in [6.45, 7) is 0.0553. The zero-order chi connectivity index (χ0) is 22.7. The van der Waals surface area contributed by atoms with E-state index in [1.807, 2.05) is 0 Å². The molecule has 0 aliphatic carbocycles. The average Bonchev–Trinajstić information content (AvgIpc) is 2.81. The first-order valence-electron chi connectivity index (χ1n) is 9.66. The molecule has 4 rings (SSSR count). The number of carbonyl (C=O) groups is 4. The van der Waals surface area contributed by atoms with E-state index in [9.17, 15) is 23.6 Å². The zero-order valence-electron chi connectivity index (χ0n) is 16.6. The van der Waals surface area contributed by atoms with Gasteiger partial charge in [-0.2, -0.15) is 0 Å². The Balaban J connectivity index is 1.54. The third kappa shape index (κ3) is 4.36. The standard InChI is InChI=1S/C23H17FN4O4/c24-16-8-6-14(7-9-16)13-25-22(31)19-20(29)23(32)28-11-10-17(12-18(28)27-19)26-21(30)15-4-2-1-3-5-15/h1-12,19,27H,13H2,(H,25,31). The summed E-state index contributed by atoms with van der Waals surface area (Å²) in [6.07, 6.45) is 1.31. The van der Waals surface area contributed by atoms with Gasteiger partial charge >= 0.3 is 5.91 Å². The maximum absolute atomic E-state index is 13.0. The first kappa shape index (κ1) is 20.9. The second-order valence-electron chi connectivity index (χ2n) is 7.01. The van der Waals surface area contributed by atoms with Gasteiger partial charge in [-0.25, -0.2) is 9.38 Å². The number of halogens is 1. The Morgan fingerprint density at radius 1 is 1.03 bits per heavy atom. The molecular formula is C23H17FN4O4. The first-order valence-corrected chi connectivity index (χ1v) is 9.66. The van der Waals surface area contributed by atoms with Gasteiger partial charge in [0.05, 0.1) is 5.36 Å². The van der Waals surface area contributed by atoms with Gasteiger partial charge in [0.15, 0.2) is 6.04 Å². The van der Waals surface area contributed by atoms with Crippen molar-refractivity contribution in [3.05, 3.63) is 95.2 Å². The van der Waals surface area contributed by atoms with E-state index in [4.69, 9.17) is 0 Å². The van der Waals surface area contributed by atoms with E-state index in [-0.39, 0.29) is 17.7 Å². The van der Waals surface area contributed by atoms with Gasteiger partial charge in [0, 0.05) is 24.4 Å². The zero-order valence-corrected chi connectivity index (χ0v) is 16.6. The lowest BCUT2D eigenvalue weighted by atomic mass is 10.1. The number of ketones is 1. The maximum Gasteiger partial charge on any atom is 0.302 e. The summed E-state index contributed by atoms with van der Waals surface area (Å²) >= 11 is 0. The lowest BCUT2D eigenvalue weighted by Crippen LogP contribution is -2.52. The molecule has 0 fully saturated rings. The van der Waals surface area contributed by atoms with Gasteiger partial charge in [0.2, 0.25) is 0 Å². The molecular weight excluding hydrogens is 415 g/mol. The highest BCUT2D eigenvalue weighted by Gasteiger charge is 2.37. The minimum atomic E-state index is -1.44. The highest BCUT2D eigenvalue weighted by molar-refractivity contribution is 6.45. The number of anilines is 1. The molecule has 160 valence electrons. The largest absolute Gasteiger partial charge is 0.353 e. The van der Waals surface area contributed by atoms with Crippen molar-refractivity contribution in [1.29, 1.82) is 0 Å². The Morgan fingerprint density at radius 3 is 2.47 bits per heavy atom. The number of hydrogen-bond acceptors (Lipinski definition) is 5. The highest BCUT2D eigenvalue weighted by atomic mass is 19.1. The Morgan fingerprint density at radius 2 is 1.75 bits per heavy atom. The van der Waals surface area contributed by atoms with Gasteiger partial charge in [-0.1, -0.05) is 30.3 Å². The number of hydrogen-bond donors (Lipinski definition) is 2. The third-order valence-corrected chi connectivity index (χ3v) is 4.82. The number of carbonyl (C=O) groups excluding carboxylic acids is 4. The van der Waals surface area contributed by atoms with Gasteiger partial charge in [0.25, 0.3) is 17.6 Å². The van der Waals surface area contributed by atoms with Crippen LogP contribution in [0.3, 0.4) is 0 Å². The van der Waals surface area contributed by atoms with E-state index in [0.717, 1.165) is 4.57 Å². The van der Waals surface area contributed by atoms with E-state index in [0.29, 0.717) is 11.1 Å². The SMILES string of the molecule is O=C(N=c1ccn2c(c1)NC(C(=O)NCc1ccc(F)cc1)C(=O)C2=O)c1ccccc1. The van der Waals surface area contributed by atoms with E-state index >= 15 is 0 Å². The van der Waals surface area contributed by atoms with Crippen molar-refractivity contribution < 1.29 is 23.6 Å². The number of benzene rings is 2. The monoisotopic (exact) mass is 432 g/mol. The molecule has 2 heterocycles. The number of pyridine rings is 1. The summed E-state index contributed by atoms with van der Waals surface area (Å²) < 4.78 is 14.1. The summed E-state index contributed by atoms with van der Waals surface area (Å²) in [5, 5.41) is 5.53. The number of amides is 2. The highest BCUT2D eigenvalue weighted by Crippen LogP contribution is 2.14. The predicted octanol–water partition coefficient (Wildman–Crippen LogP) is 1.69. The number of nitrogens with one attached hydrogen (secondary N) is 2. The Labute approximate surface area is 181 Å². The molecule has 2 N–H and O–H groups in total. The van der Waals surface area contributed by atoms with Crippen LogP contribution in [0.1, 0.15) is 20.7 Å². The van der Waals surface area contributed by atoms with E-state index < -0.39 is 35.4 Å². The van der Waals surface area contributed by atoms with E-state index in [1.54, 1.807) is 30.3 Å². The molecule has 0 bridgehead atoms. The summed E-state index contributed by atoms with van der Waals surface area (Å²) in [5.74, 6) is -3.25. The molecule has 8 nitrogen and oxygen atoms in total. The van der Waals surface area contributed by atoms with Gasteiger partial charge in [0.1, 0.15) is 11.6 Å². The van der Waals surface area contributed by atoms with Crippen molar-refractivity contribution in [2.45, 2.75) is 12.6 Å². The summed E-state index contributed by atoms with van der Waals surface area (Å²) in [5.41, 5.74) is 1.03. The minimum absolute atomic E-state index is 0.0553. The molecule has 1 aromatic heterocycles. The molecule has 1 atom stereocenters. The van der Waals surface area contributed by atoms with Crippen molar-refractivity contribution in [3.8, 4) is 0 Å². The van der Waals surface area contributed by atoms with E-state index in [1.165, 1.54) is 42.6 Å². The lowest BCUT2D eigenvalue weighted by Gasteiger charge is -2.25. The van der Waals surface area contributed by atoms with Crippen LogP contribution < -0.4 is 16.0 Å². The third-order valence-electron chi connectivity index (χ3n) is 4.82. The molecule has 1 aliphatic heterocycles. The number of fused-ring (bicyclic) bond motifs is 1. The van der Waals surface area contributed by atoms with Gasteiger partial charge < -0.3 is 10.6 Å². The summed E-state index contributed by atoms with van der Waals surface area (Å²) in [4.78, 5) is 53.7. The van der Waals surface area contributed by atoms with Crippen molar-refractivity contribution in [2.75, 3.05) is 5.32 Å². The number of Topliss-reactive ketones (excluding diaryl/α,β-unsaturated/α-hetero) is 1.